The fraction of sp³-hybridized carbons (Fsp3) is 0.233. The maximum atomic E-state index is 13.5. The van der Waals surface area contributed by atoms with Crippen molar-refractivity contribution in [1.29, 1.82) is 0 Å². The predicted molar refractivity (Wildman–Crippen MR) is 147 cm³/mol. The van der Waals surface area contributed by atoms with E-state index in [1.807, 2.05) is 87.5 Å². The highest BCUT2D eigenvalue weighted by Crippen LogP contribution is 2.19. The molecule has 2 N–H and O–H groups in total. The molecular weight excluding hydrogens is 494 g/mol. The van der Waals surface area contributed by atoms with Crippen molar-refractivity contribution >= 4 is 17.6 Å². The summed E-state index contributed by atoms with van der Waals surface area (Å²) in [6.07, 6.45) is 3.39. The first-order chi connectivity index (χ1) is 18.7. The lowest BCUT2D eigenvalue weighted by Gasteiger charge is -2.20. The van der Waals surface area contributed by atoms with Crippen molar-refractivity contribution in [2.75, 3.05) is 6.61 Å². The zero-order valence-corrected chi connectivity index (χ0v) is 22.1. The summed E-state index contributed by atoms with van der Waals surface area (Å²) in [4.78, 5) is 48.9. The van der Waals surface area contributed by atoms with Crippen LogP contribution in [0.1, 0.15) is 36.7 Å². The molecule has 1 atom stereocenters. The molecular formula is C30H31N5O4. The van der Waals surface area contributed by atoms with Crippen LogP contribution in [0.15, 0.2) is 91.3 Å². The monoisotopic (exact) mass is 525 g/mol. The molecule has 0 bridgehead atoms. The Kier molecular flexibility index (Phi) is 8.63. The smallest absolute Gasteiger partial charge is 0.313 e. The number of nitrogens with one attached hydrogen (secondary N) is 2. The molecule has 2 aromatic carbocycles. The zero-order valence-electron chi connectivity index (χ0n) is 22.1. The van der Waals surface area contributed by atoms with Gasteiger partial charge in [0.05, 0.1) is 17.9 Å². The Morgan fingerprint density at radius 1 is 0.923 bits per heavy atom. The summed E-state index contributed by atoms with van der Waals surface area (Å²) in [7, 11) is 0. The molecule has 0 fully saturated rings. The van der Waals surface area contributed by atoms with Gasteiger partial charge in [0, 0.05) is 24.4 Å². The summed E-state index contributed by atoms with van der Waals surface area (Å²) in [5, 5.41) is 7.32. The molecule has 0 spiro atoms. The lowest BCUT2D eigenvalue weighted by Crippen LogP contribution is -2.49. The third kappa shape index (κ3) is 7.45. The minimum Gasteiger partial charge on any atom is -0.341 e. The Balaban J connectivity index is 1.56. The number of pyridine rings is 1. The van der Waals surface area contributed by atoms with Crippen molar-refractivity contribution in [2.24, 2.45) is 5.41 Å². The Morgan fingerprint density at radius 3 is 2.31 bits per heavy atom. The molecule has 39 heavy (non-hydrogen) atoms. The van der Waals surface area contributed by atoms with E-state index in [1.54, 1.807) is 24.5 Å². The van der Waals surface area contributed by atoms with E-state index in [-0.39, 0.29) is 24.0 Å². The SMILES string of the molecule is CC(C)(C)CONC(=O)C(=O)C(Cc1ccccc1)NC(=O)c1cccnc1-n1ccc(-c2ccccc2)n1. The van der Waals surface area contributed by atoms with Gasteiger partial charge in [-0.15, -0.1) is 0 Å². The van der Waals surface area contributed by atoms with E-state index >= 15 is 0 Å². The molecule has 2 aromatic heterocycles. The van der Waals surface area contributed by atoms with E-state index in [1.165, 1.54) is 4.68 Å². The number of carbonyl (C=O) groups is 3. The number of hydrogen-bond donors (Lipinski definition) is 2. The minimum absolute atomic E-state index is 0.119. The molecule has 4 aromatic rings. The predicted octanol–water partition coefficient (Wildman–Crippen LogP) is 3.94. The van der Waals surface area contributed by atoms with Gasteiger partial charge >= 0.3 is 5.91 Å². The highest BCUT2D eigenvalue weighted by molar-refractivity contribution is 6.38. The van der Waals surface area contributed by atoms with Crippen LogP contribution in [0, 0.1) is 5.41 Å². The van der Waals surface area contributed by atoms with Gasteiger partial charge in [-0.3, -0.25) is 19.2 Å². The Labute approximate surface area is 227 Å². The van der Waals surface area contributed by atoms with Crippen LogP contribution >= 0.6 is 0 Å². The topological polar surface area (TPSA) is 115 Å². The fourth-order valence-corrected chi connectivity index (χ4v) is 3.78. The van der Waals surface area contributed by atoms with Crippen LogP contribution in [0.3, 0.4) is 0 Å². The number of rotatable bonds is 10. The number of nitrogens with zero attached hydrogens (tertiary/aromatic N) is 3. The maximum Gasteiger partial charge on any atom is 0.313 e. The first kappa shape index (κ1) is 27.4. The van der Waals surface area contributed by atoms with Crippen LogP contribution in [-0.2, 0) is 20.8 Å². The van der Waals surface area contributed by atoms with E-state index in [4.69, 9.17) is 4.84 Å². The van der Waals surface area contributed by atoms with Crippen molar-refractivity contribution in [2.45, 2.75) is 33.2 Å². The van der Waals surface area contributed by atoms with Gasteiger partial charge in [-0.05, 0) is 29.2 Å². The van der Waals surface area contributed by atoms with Crippen LogP contribution in [-0.4, -0.2) is 45.0 Å². The second kappa shape index (κ2) is 12.3. The summed E-state index contributed by atoms with van der Waals surface area (Å²) < 4.78 is 1.51. The quantitative estimate of drug-likeness (QED) is 0.239. The minimum atomic E-state index is -1.14. The maximum absolute atomic E-state index is 13.5. The van der Waals surface area contributed by atoms with Crippen molar-refractivity contribution in [1.82, 2.24) is 25.6 Å². The molecule has 9 heteroatoms. The molecule has 200 valence electrons. The van der Waals surface area contributed by atoms with Crippen molar-refractivity contribution in [3.8, 4) is 17.1 Å². The van der Waals surface area contributed by atoms with E-state index in [0.29, 0.717) is 5.82 Å². The molecule has 9 nitrogen and oxygen atoms in total. The third-order valence-corrected chi connectivity index (χ3v) is 5.71. The van der Waals surface area contributed by atoms with Crippen LogP contribution in [0.2, 0.25) is 0 Å². The first-order valence-corrected chi connectivity index (χ1v) is 12.6. The third-order valence-electron chi connectivity index (χ3n) is 5.71. The van der Waals surface area contributed by atoms with Crippen LogP contribution < -0.4 is 10.8 Å². The van der Waals surface area contributed by atoms with E-state index in [2.05, 4.69) is 20.9 Å². The van der Waals surface area contributed by atoms with Crippen LogP contribution in [0.4, 0.5) is 0 Å². The number of hydroxylamine groups is 1. The van der Waals surface area contributed by atoms with Crippen LogP contribution in [0.5, 0.6) is 0 Å². The number of Topliss-reactive ketones (excluding diaryl/α,β-unsaturated/α-hetero) is 1. The molecule has 2 amide bonds. The number of ketones is 1. The number of amides is 2. The average molecular weight is 526 g/mol. The van der Waals surface area contributed by atoms with Gasteiger partial charge in [-0.2, -0.15) is 5.10 Å². The molecule has 1 unspecified atom stereocenters. The second-order valence-corrected chi connectivity index (χ2v) is 10.2. The lowest BCUT2D eigenvalue weighted by atomic mass is 9.99. The highest BCUT2D eigenvalue weighted by atomic mass is 16.7. The number of benzene rings is 2. The van der Waals surface area contributed by atoms with Crippen molar-refractivity contribution in [3.63, 3.8) is 0 Å². The van der Waals surface area contributed by atoms with Crippen molar-refractivity contribution in [3.05, 3.63) is 102 Å². The number of carbonyl (C=O) groups excluding carboxylic acids is 3. The molecule has 0 aliphatic heterocycles. The summed E-state index contributed by atoms with van der Waals surface area (Å²) in [5.41, 5.74) is 4.63. The molecule has 0 saturated heterocycles. The standard InChI is InChI=1S/C30H31N5O4/c1-30(2,3)20-39-34-29(38)26(36)25(19-21-11-6-4-7-12-21)32-28(37)23-15-10-17-31-27(23)35-18-16-24(33-35)22-13-8-5-9-14-22/h4-18,25H,19-20H2,1-3H3,(H,32,37)(H,34,38). The summed E-state index contributed by atoms with van der Waals surface area (Å²) in [6.45, 7) is 6.03. The Bertz CT molecular complexity index is 1430. The lowest BCUT2D eigenvalue weighted by molar-refractivity contribution is -0.148. The summed E-state index contributed by atoms with van der Waals surface area (Å²) >= 11 is 0. The Morgan fingerprint density at radius 2 is 1.62 bits per heavy atom. The van der Waals surface area contributed by atoms with Crippen LogP contribution in [0.25, 0.3) is 17.1 Å². The van der Waals surface area contributed by atoms with Gasteiger partial charge in [0.2, 0.25) is 5.78 Å². The Hall–Kier alpha value is -4.63. The molecule has 0 radical (unpaired) electrons. The van der Waals surface area contributed by atoms with Crippen molar-refractivity contribution < 1.29 is 19.2 Å². The first-order valence-electron chi connectivity index (χ1n) is 12.6. The number of hydrogen-bond acceptors (Lipinski definition) is 6. The normalized spacial score (nSPS) is 12.0. The van der Waals surface area contributed by atoms with Gasteiger partial charge in [0.1, 0.15) is 6.04 Å². The summed E-state index contributed by atoms with van der Waals surface area (Å²) in [6, 6.07) is 22.7. The molecule has 0 aliphatic carbocycles. The fourth-order valence-electron chi connectivity index (χ4n) is 3.78. The molecule has 2 heterocycles. The molecule has 4 rings (SSSR count). The van der Waals surface area contributed by atoms with Gasteiger partial charge in [0.25, 0.3) is 5.91 Å². The zero-order chi connectivity index (χ0) is 27.8. The van der Waals surface area contributed by atoms with E-state index in [9.17, 15) is 14.4 Å². The van der Waals surface area contributed by atoms with Gasteiger partial charge in [-0.1, -0.05) is 81.4 Å². The highest BCUT2D eigenvalue weighted by Gasteiger charge is 2.29. The second-order valence-electron chi connectivity index (χ2n) is 10.2. The van der Waals surface area contributed by atoms with E-state index < -0.39 is 23.6 Å². The average Bonchev–Trinajstić information content (AvgIpc) is 3.43. The summed E-state index contributed by atoms with van der Waals surface area (Å²) in [5.74, 6) is -2.03. The number of aromatic nitrogens is 3. The van der Waals surface area contributed by atoms with E-state index in [0.717, 1.165) is 16.8 Å². The largest absolute Gasteiger partial charge is 0.341 e. The van der Waals surface area contributed by atoms with Gasteiger partial charge < -0.3 is 5.32 Å². The molecule has 0 saturated carbocycles. The van der Waals surface area contributed by atoms with Gasteiger partial charge in [-0.25, -0.2) is 15.1 Å². The molecule has 0 aliphatic rings. The van der Waals surface area contributed by atoms with Gasteiger partial charge in [0.15, 0.2) is 5.82 Å².